The standard InChI is InChI=1S/C25H34N2O/c1-26(2)24-15-16-27(18-24)17-20-7-11-22(12-8-20)23-13-9-21(10-14-23)19-28-25-5-3-4-6-25/h7-14,24-25H,3-6,15-19H2,1-2H3. The fourth-order valence-electron chi connectivity index (χ4n) is 4.50. The monoisotopic (exact) mass is 378 g/mol. The molecule has 0 aromatic heterocycles. The average Bonchev–Trinajstić information content (AvgIpc) is 3.40. The van der Waals surface area contributed by atoms with Gasteiger partial charge in [-0.15, -0.1) is 0 Å². The summed E-state index contributed by atoms with van der Waals surface area (Å²) in [5.74, 6) is 0. The molecule has 0 spiro atoms. The van der Waals surface area contributed by atoms with Gasteiger partial charge in [-0.2, -0.15) is 0 Å². The van der Waals surface area contributed by atoms with Crippen molar-refractivity contribution in [2.45, 2.75) is 57.4 Å². The Morgan fingerprint density at radius 2 is 1.46 bits per heavy atom. The normalized spacial score (nSPS) is 21.0. The zero-order valence-corrected chi connectivity index (χ0v) is 17.4. The number of nitrogens with zero attached hydrogens (tertiary/aromatic N) is 2. The van der Waals surface area contributed by atoms with Crippen LogP contribution in [-0.2, 0) is 17.9 Å². The molecule has 2 aromatic carbocycles. The third-order valence-electron chi connectivity index (χ3n) is 6.41. The minimum atomic E-state index is 0.482. The molecule has 0 N–H and O–H groups in total. The van der Waals surface area contributed by atoms with Gasteiger partial charge < -0.3 is 9.64 Å². The van der Waals surface area contributed by atoms with E-state index in [-0.39, 0.29) is 0 Å². The predicted molar refractivity (Wildman–Crippen MR) is 116 cm³/mol. The molecule has 1 saturated heterocycles. The van der Waals surface area contributed by atoms with Crippen molar-refractivity contribution in [3.05, 3.63) is 59.7 Å². The molecule has 2 aliphatic rings. The molecule has 1 aliphatic carbocycles. The summed E-state index contributed by atoms with van der Waals surface area (Å²) < 4.78 is 6.03. The van der Waals surface area contributed by atoms with Crippen molar-refractivity contribution >= 4 is 0 Å². The Hall–Kier alpha value is -1.68. The molecule has 3 heteroatoms. The van der Waals surface area contributed by atoms with Crippen molar-refractivity contribution in [2.24, 2.45) is 0 Å². The van der Waals surface area contributed by atoms with Crippen LogP contribution in [0.4, 0.5) is 0 Å². The van der Waals surface area contributed by atoms with Gasteiger partial charge in [0.05, 0.1) is 12.7 Å². The Morgan fingerprint density at radius 3 is 2.04 bits per heavy atom. The summed E-state index contributed by atoms with van der Waals surface area (Å²) in [7, 11) is 4.38. The average molecular weight is 379 g/mol. The third kappa shape index (κ3) is 5.02. The molecule has 2 fully saturated rings. The highest BCUT2D eigenvalue weighted by atomic mass is 16.5. The number of benzene rings is 2. The molecular formula is C25H34N2O. The fourth-order valence-corrected chi connectivity index (χ4v) is 4.50. The Kier molecular flexibility index (Phi) is 6.46. The van der Waals surface area contributed by atoms with E-state index < -0.39 is 0 Å². The second kappa shape index (κ2) is 9.21. The van der Waals surface area contributed by atoms with Crippen LogP contribution >= 0.6 is 0 Å². The van der Waals surface area contributed by atoms with Crippen molar-refractivity contribution in [1.29, 1.82) is 0 Å². The summed E-state index contributed by atoms with van der Waals surface area (Å²) in [5.41, 5.74) is 5.26. The molecule has 2 aromatic rings. The highest BCUT2D eigenvalue weighted by Gasteiger charge is 2.23. The van der Waals surface area contributed by atoms with E-state index >= 15 is 0 Å². The Balaban J connectivity index is 1.31. The Morgan fingerprint density at radius 1 is 0.857 bits per heavy atom. The van der Waals surface area contributed by atoms with Gasteiger partial charge in [0.25, 0.3) is 0 Å². The van der Waals surface area contributed by atoms with E-state index in [9.17, 15) is 0 Å². The highest BCUT2D eigenvalue weighted by molar-refractivity contribution is 5.63. The molecule has 150 valence electrons. The lowest BCUT2D eigenvalue weighted by Gasteiger charge is -2.20. The molecule has 0 radical (unpaired) electrons. The largest absolute Gasteiger partial charge is 0.374 e. The first-order chi connectivity index (χ1) is 13.7. The molecule has 1 aliphatic heterocycles. The van der Waals surface area contributed by atoms with Gasteiger partial charge in [-0.3, -0.25) is 4.90 Å². The zero-order chi connectivity index (χ0) is 19.3. The van der Waals surface area contributed by atoms with Crippen molar-refractivity contribution in [1.82, 2.24) is 9.80 Å². The van der Waals surface area contributed by atoms with Gasteiger partial charge in [0, 0.05) is 25.7 Å². The van der Waals surface area contributed by atoms with Crippen LogP contribution in [0.3, 0.4) is 0 Å². The van der Waals surface area contributed by atoms with Crippen LogP contribution in [0.5, 0.6) is 0 Å². The van der Waals surface area contributed by atoms with Crippen molar-refractivity contribution in [2.75, 3.05) is 27.2 Å². The topological polar surface area (TPSA) is 15.7 Å². The summed E-state index contributed by atoms with van der Waals surface area (Å²) in [6, 6.07) is 18.7. The van der Waals surface area contributed by atoms with Gasteiger partial charge in [0.1, 0.15) is 0 Å². The van der Waals surface area contributed by atoms with E-state index in [1.54, 1.807) is 0 Å². The molecule has 3 nitrogen and oxygen atoms in total. The minimum absolute atomic E-state index is 0.482. The van der Waals surface area contributed by atoms with Crippen LogP contribution in [0, 0.1) is 0 Å². The number of likely N-dealkylation sites (N-methyl/N-ethyl adjacent to an activating group) is 1. The number of likely N-dealkylation sites (tertiary alicyclic amines) is 1. The summed E-state index contributed by atoms with van der Waals surface area (Å²) in [6.45, 7) is 4.18. The van der Waals surface area contributed by atoms with E-state index in [0.717, 1.165) is 13.2 Å². The molecule has 0 amide bonds. The lowest BCUT2D eigenvalue weighted by atomic mass is 10.0. The maximum absolute atomic E-state index is 6.03. The maximum Gasteiger partial charge on any atom is 0.0720 e. The van der Waals surface area contributed by atoms with Gasteiger partial charge in [-0.1, -0.05) is 61.4 Å². The van der Waals surface area contributed by atoms with Crippen molar-refractivity contribution in [3.8, 4) is 11.1 Å². The maximum atomic E-state index is 6.03. The molecular weight excluding hydrogens is 344 g/mol. The molecule has 1 heterocycles. The Bertz CT molecular complexity index is 732. The number of ether oxygens (including phenoxy) is 1. The summed E-state index contributed by atoms with van der Waals surface area (Å²) in [6.07, 6.45) is 6.88. The molecule has 1 atom stereocenters. The van der Waals surface area contributed by atoms with Crippen LogP contribution in [0.15, 0.2) is 48.5 Å². The second-order valence-corrected chi connectivity index (χ2v) is 8.75. The van der Waals surface area contributed by atoms with Gasteiger partial charge in [-0.05, 0) is 55.6 Å². The van der Waals surface area contributed by atoms with Crippen LogP contribution in [0.25, 0.3) is 11.1 Å². The molecule has 1 saturated carbocycles. The van der Waals surface area contributed by atoms with Crippen LogP contribution in [0.2, 0.25) is 0 Å². The van der Waals surface area contributed by atoms with Crippen LogP contribution in [-0.4, -0.2) is 49.1 Å². The number of rotatable bonds is 7. The molecule has 0 bridgehead atoms. The summed E-state index contributed by atoms with van der Waals surface area (Å²) >= 11 is 0. The molecule has 4 rings (SSSR count). The van der Waals surface area contributed by atoms with Crippen molar-refractivity contribution in [3.63, 3.8) is 0 Å². The lowest BCUT2D eigenvalue weighted by Crippen LogP contribution is -2.31. The number of hydrogen-bond donors (Lipinski definition) is 0. The van der Waals surface area contributed by atoms with E-state index in [1.807, 2.05) is 0 Å². The molecule has 1 unspecified atom stereocenters. The van der Waals surface area contributed by atoms with E-state index in [4.69, 9.17) is 4.74 Å². The van der Waals surface area contributed by atoms with Crippen LogP contribution in [0.1, 0.15) is 43.2 Å². The second-order valence-electron chi connectivity index (χ2n) is 8.75. The smallest absolute Gasteiger partial charge is 0.0720 e. The van der Waals surface area contributed by atoms with Crippen LogP contribution < -0.4 is 0 Å². The van der Waals surface area contributed by atoms with Crippen molar-refractivity contribution < 1.29 is 4.74 Å². The van der Waals surface area contributed by atoms with Gasteiger partial charge in [-0.25, -0.2) is 0 Å². The SMILES string of the molecule is CN(C)C1CCN(Cc2ccc(-c3ccc(COC4CCCC4)cc3)cc2)C1. The predicted octanol–water partition coefficient (Wildman–Crippen LogP) is 4.95. The van der Waals surface area contributed by atoms with E-state index in [0.29, 0.717) is 12.1 Å². The highest BCUT2D eigenvalue weighted by Crippen LogP contribution is 2.24. The zero-order valence-electron chi connectivity index (χ0n) is 17.4. The third-order valence-corrected chi connectivity index (χ3v) is 6.41. The van der Waals surface area contributed by atoms with Gasteiger partial charge in [0.15, 0.2) is 0 Å². The first-order valence-corrected chi connectivity index (χ1v) is 10.9. The van der Waals surface area contributed by atoms with Gasteiger partial charge in [0.2, 0.25) is 0 Å². The summed E-state index contributed by atoms with van der Waals surface area (Å²) in [4.78, 5) is 4.92. The number of hydrogen-bond acceptors (Lipinski definition) is 3. The lowest BCUT2D eigenvalue weighted by molar-refractivity contribution is 0.0457. The fraction of sp³-hybridized carbons (Fsp3) is 0.520. The first-order valence-electron chi connectivity index (χ1n) is 10.9. The van der Waals surface area contributed by atoms with Gasteiger partial charge >= 0.3 is 0 Å². The summed E-state index contributed by atoms with van der Waals surface area (Å²) in [5, 5.41) is 0. The first kappa shape index (κ1) is 19.6. The minimum Gasteiger partial charge on any atom is -0.374 e. The van der Waals surface area contributed by atoms with E-state index in [2.05, 4.69) is 72.4 Å². The Labute approximate surface area is 170 Å². The molecule has 28 heavy (non-hydrogen) atoms. The quantitative estimate of drug-likeness (QED) is 0.678. The van der Waals surface area contributed by atoms with E-state index in [1.165, 1.54) is 67.4 Å².